The molecule has 3 rings (SSSR count). The first-order chi connectivity index (χ1) is 12.2. The van der Waals surface area contributed by atoms with Crippen molar-refractivity contribution in [3.8, 4) is 0 Å². The Labute approximate surface area is 153 Å². The van der Waals surface area contributed by atoms with Gasteiger partial charge in [-0.1, -0.05) is 6.07 Å². The van der Waals surface area contributed by atoms with E-state index >= 15 is 0 Å². The van der Waals surface area contributed by atoms with Crippen LogP contribution in [0.2, 0.25) is 0 Å². The third kappa shape index (κ3) is 4.59. The molecule has 0 N–H and O–H groups in total. The molecule has 3 heterocycles. The van der Waals surface area contributed by atoms with Gasteiger partial charge < -0.3 is 14.5 Å². The number of hydrogen-bond acceptors (Lipinski definition) is 5. The minimum atomic E-state index is -0.0239. The Bertz CT molecular complexity index is 578. The zero-order chi connectivity index (χ0) is 17.6. The van der Waals surface area contributed by atoms with Crippen molar-refractivity contribution in [2.45, 2.75) is 25.3 Å². The minimum absolute atomic E-state index is 0.0239. The summed E-state index contributed by atoms with van der Waals surface area (Å²) in [5, 5.41) is 2.01. The second-order valence-corrected chi connectivity index (χ2v) is 7.68. The van der Waals surface area contributed by atoms with Gasteiger partial charge in [0.1, 0.15) is 0 Å². The number of carbonyl (C=O) groups excluding carboxylic acids is 2. The standard InChI is InChI=1S/C18H27N3O3S/c1-24-12-11-21-8-5-16(18(21)23)19-6-3-7-20(10-9-19)17(22)14-15-4-2-13-25-15/h2,4,13,16H,3,5-12,14H2,1H3. The Kier molecular flexibility index (Phi) is 6.45. The van der Waals surface area contributed by atoms with E-state index in [9.17, 15) is 9.59 Å². The number of rotatable bonds is 6. The molecular formula is C18H27N3O3S. The van der Waals surface area contributed by atoms with Crippen molar-refractivity contribution in [1.29, 1.82) is 0 Å². The molecule has 1 atom stereocenters. The maximum absolute atomic E-state index is 12.6. The van der Waals surface area contributed by atoms with Crippen LogP contribution < -0.4 is 0 Å². The molecule has 2 saturated heterocycles. The molecule has 7 heteroatoms. The monoisotopic (exact) mass is 365 g/mol. The summed E-state index contributed by atoms with van der Waals surface area (Å²) in [5.41, 5.74) is 0. The van der Waals surface area contributed by atoms with Gasteiger partial charge in [-0.05, 0) is 24.3 Å². The Balaban J connectivity index is 1.51. The van der Waals surface area contributed by atoms with E-state index in [0.29, 0.717) is 26.1 Å². The lowest BCUT2D eigenvalue weighted by Gasteiger charge is -2.26. The first-order valence-electron chi connectivity index (χ1n) is 9.01. The summed E-state index contributed by atoms with van der Waals surface area (Å²) in [5.74, 6) is 0.416. The van der Waals surface area contributed by atoms with Gasteiger partial charge in [0.25, 0.3) is 0 Å². The summed E-state index contributed by atoms with van der Waals surface area (Å²) in [6.45, 7) is 5.24. The molecular weight excluding hydrogens is 338 g/mol. The summed E-state index contributed by atoms with van der Waals surface area (Å²) in [6, 6.07) is 3.97. The van der Waals surface area contributed by atoms with Gasteiger partial charge in [0.2, 0.25) is 11.8 Å². The number of nitrogens with zero attached hydrogens (tertiary/aromatic N) is 3. The number of hydrogen-bond donors (Lipinski definition) is 0. The van der Waals surface area contributed by atoms with Crippen molar-refractivity contribution in [3.05, 3.63) is 22.4 Å². The smallest absolute Gasteiger partial charge is 0.240 e. The van der Waals surface area contributed by atoms with Crippen molar-refractivity contribution in [1.82, 2.24) is 14.7 Å². The van der Waals surface area contributed by atoms with Gasteiger partial charge in [0.15, 0.2) is 0 Å². The molecule has 0 spiro atoms. The molecule has 2 aliphatic rings. The predicted octanol–water partition coefficient (Wildman–Crippen LogP) is 1.07. The molecule has 2 amide bonds. The van der Waals surface area contributed by atoms with E-state index < -0.39 is 0 Å². The van der Waals surface area contributed by atoms with Crippen LogP contribution in [0.1, 0.15) is 17.7 Å². The van der Waals surface area contributed by atoms with Gasteiger partial charge in [-0.25, -0.2) is 0 Å². The number of amides is 2. The fraction of sp³-hybridized carbons (Fsp3) is 0.667. The van der Waals surface area contributed by atoms with Crippen LogP contribution in [-0.4, -0.2) is 85.5 Å². The highest BCUT2D eigenvalue weighted by molar-refractivity contribution is 7.10. The summed E-state index contributed by atoms with van der Waals surface area (Å²) in [7, 11) is 1.66. The Morgan fingerprint density at radius 2 is 2.16 bits per heavy atom. The quantitative estimate of drug-likeness (QED) is 0.757. The van der Waals surface area contributed by atoms with Gasteiger partial charge in [-0.3, -0.25) is 14.5 Å². The molecule has 2 aliphatic heterocycles. The molecule has 1 aromatic heterocycles. The van der Waals surface area contributed by atoms with Crippen molar-refractivity contribution < 1.29 is 14.3 Å². The second kappa shape index (κ2) is 8.78. The molecule has 0 bridgehead atoms. The van der Waals surface area contributed by atoms with E-state index in [4.69, 9.17) is 4.74 Å². The van der Waals surface area contributed by atoms with E-state index in [0.717, 1.165) is 43.9 Å². The van der Waals surface area contributed by atoms with Crippen LogP contribution in [0.25, 0.3) is 0 Å². The van der Waals surface area contributed by atoms with Crippen molar-refractivity contribution in [3.63, 3.8) is 0 Å². The summed E-state index contributed by atoms with van der Waals surface area (Å²) < 4.78 is 5.09. The highest BCUT2D eigenvalue weighted by Crippen LogP contribution is 2.19. The number of methoxy groups -OCH3 is 1. The molecule has 1 unspecified atom stereocenters. The molecule has 0 aromatic carbocycles. The Morgan fingerprint density at radius 3 is 2.92 bits per heavy atom. The van der Waals surface area contributed by atoms with E-state index in [1.54, 1.807) is 18.4 Å². The topological polar surface area (TPSA) is 53.1 Å². The maximum atomic E-state index is 12.6. The van der Waals surface area contributed by atoms with Gasteiger partial charge >= 0.3 is 0 Å². The lowest BCUT2D eigenvalue weighted by atomic mass is 10.2. The molecule has 0 saturated carbocycles. The lowest BCUT2D eigenvalue weighted by Crippen LogP contribution is -2.44. The van der Waals surface area contributed by atoms with Crippen LogP contribution in [-0.2, 0) is 20.7 Å². The zero-order valence-electron chi connectivity index (χ0n) is 14.9. The predicted molar refractivity (Wildman–Crippen MR) is 97.7 cm³/mol. The number of carbonyl (C=O) groups is 2. The molecule has 2 fully saturated rings. The van der Waals surface area contributed by atoms with E-state index in [1.807, 2.05) is 27.3 Å². The number of likely N-dealkylation sites (tertiary alicyclic amines) is 1. The SMILES string of the molecule is COCCN1CCC(N2CCCN(C(=O)Cc3cccs3)CC2)C1=O. The van der Waals surface area contributed by atoms with Crippen LogP contribution in [0.4, 0.5) is 0 Å². The molecule has 6 nitrogen and oxygen atoms in total. The van der Waals surface area contributed by atoms with Crippen LogP contribution in [0.3, 0.4) is 0 Å². The normalized spacial score (nSPS) is 22.4. The Morgan fingerprint density at radius 1 is 1.28 bits per heavy atom. The molecule has 0 radical (unpaired) electrons. The minimum Gasteiger partial charge on any atom is -0.383 e. The first-order valence-corrected chi connectivity index (χ1v) is 9.89. The third-order valence-corrected chi connectivity index (χ3v) is 5.94. The van der Waals surface area contributed by atoms with Gasteiger partial charge in [-0.2, -0.15) is 0 Å². The fourth-order valence-electron chi connectivity index (χ4n) is 3.66. The van der Waals surface area contributed by atoms with Crippen LogP contribution in [0.5, 0.6) is 0 Å². The molecule has 0 aliphatic carbocycles. The number of ether oxygens (including phenoxy) is 1. The van der Waals surface area contributed by atoms with Gasteiger partial charge in [0, 0.05) is 51.3 Å². The van der Waals surface area contributed by atoms with E-state index in [1.165, 1.54) is 0 Å². The van der Waals surface area contributed by atoms with Crippen molar-refractivity contribution in [2.75, 3.05) is 53.0 Å². The highest BCUT2D eigenvalue weighted by Gasteiger charge is 2.36. The first kappa shape index (κ1) is 18.4. The van der Waals surface area contributed by atoms with Crippen molar-refractivity contribution in [2.24, 2.45) is 0 Å². The summed E-state index contributed by atoms with van der Waals surface area (Å²) >= 11 is 1.63. The average molecular weight is 365 g/mol. The summed E-state index contributed by atoms with van der Waals surface area (Å²) in [6.07, 6.45) is 2.30. The third-order valence-electron chi connectivity index (χ3n) is 5.06. The molecule has 1 aromatic rings. The van der Waals surface area contributed by atoms with Crippen LogP contribution in [0, 0.1) is 0 Å². The van der Waals surface area contributed by atoms with Crippen molar-refractivity contribution >= 4 is 23.2 Å². The lowest BCUT2D eigenvalue weighted by molar-refractivity contribution is -0.132. The Hall–Kier alpha value is -1.44. The van der Waals surface area contributed by atoms with Gasteiger partial charge in [0.05, 0.1) is 19.1 Å². The number of thiophene rings is 1. The molecule has 25 heavy (non-hydrogen) atoms. The highest BCUT2D eigenvalue weighted by atomic mass is 32.1. The van der Waals surface area contributed by atoms with E-state index in [-0.39, 0.29) is 17.9 Å². The van der Waals surface area contributed by atoms with Gasteiger partial charge in [-0.15, -0.1) is 11.3 Å². The largest absolute Gasteiger partial charge is 0.383 e. The van der Waals surface area contributed by atoms with Crippen LogP contribution in [0.15, 0.2) is 17.5 Å². The summed E-state index contributed by atoms with van der Waals surface area (Å²) in [4.78, 5) is 32.4. The zero-order valence-corrected chi connectivity index (χ0v) is 15.7. The van der Waals surface area contributed by atoms with E-state index in [2.05, 4.69) is 4.90 Å². The second-order valence-electron chi connectivity index (χ2n) is 6.65. The fourth-order valence-corrected chi connectivity index (χ4v) is 4.35. The maximum Gasteiger partial charge on any atom is 0.240 e. The average Bonchev–Trinajstić information content (AvgIpc) is 3.16. The molecule has 138 valence electrons. The van der Waals surface area contributed by atoms with Crippen LogP contribution >= 0.6 is 11.3 Å².